The fourth-order valence-electron chi connectivity index (χ4n) is 5.45. The van der Waals surface area contributed by atoms with E-state index < -0.39 is 52.4 Å². The molecule has 0 aromatic heterocycles. The summed E-state index contributed by atoms with van der Waals surface area (Å²) in [6, 6.07) is 15.4. The van der Waals surface area contributed by atoms with Crippen LogP contribution in [-0.2, 0) is 42.1 Å². The number of sulfonamides is 1. The van der Waals surface area contributed by atoms with Crippen LogP contribution in [0.25, 0.3) is 0 Å². The Kier molecular flexibility index (Phi) is 10.9. The molecule has 2 saturated heterocycles. The first-order chi connectivity index (χ1) is 19.6. The van der Waals surface area contributed by atoms with E-state index in [1.165, 1.54) is 16.4 Å². The zero-order valence-corrected chi connectivity index (χ0v) is 24.4. The van der Waals surface area contributed by atoms with Gasteiger partial charge < -0.3 is 29.5 Å². The molecule has 11 heteroatoms. The third-order valence-corrected chi connectivity index (χ3v) is 9.45. The second kappa shape index (κ2) is 14.2. The Bertz CT molecular complexity index is 1220. The topological polar surface area (TPSA) is 143 Å². The molecule has 0 saturated carbocycles. The Morgan fingerprint density at radius 1 is 1.05 bits per heavy atom. The van der Waals surface area contributed by atoms with Crippen LogP contribution < -0.4 is 0 Å². The van der Waals surface area contributed by atoms with Crippen molar-refractivity contribution in [2.45, 2.75) is 69.2 Å². The van der Waals surface area contributed by atoms with E-state index >= 15 is 0 Å². The van der Waals surface area contributed by atoms with Gasteiger partial charge in [-0.2, -0.15) is 4.31 Å². The van der Waals surface area contributed by atoms with Gasteiger partial charge >= 0.3 is 5.97 Å². The number of aliphatic hydroxyl groups excluding tert-OH is 3. The SMILES string of the molecule is CC(C)CN(C[C@@H](O)[C@@H](CC(=O)O[C@H]1CCO[C@H]2OC[C@H](O)[C@H]21)Cc1ccccc1)S(=O)(=O)c1ccc(CO)cc1. The van der Waals surface area contributed by atoms with Crippen LogP contribution in [0.5, 0.6) is 0 Å². The van der Waals surface area contributed by atoms with E-state index in [9.17, 15) is 28.5 Å². The van der Waals surface area contributed by atoms with Crippen molar-refractivity contribution in [2.75, 3.05) is 26.3 Å². The molecule has 2 aromatic carbocycles. The molecule has 0 aliphatic carbocycles. The summed E-state index contributed by atoms with van der Waals surface area (Å²) in [4.78, 5) is 13.3. The van der Waals surface area contributed by atoms with Crippen molar-refractivity contribution in [1.82, 2.24) is 4.31 Å². The van der Waals surface area contributed by atoms with Crippen molar-refractivity contribution in [1.29, 1.82) is 0 Å². The van der Waals surface area contributed by atoms with Crippen molar-refractivity contribution in [2.24, 2.45) is 17.8 Å². The summed E-state index contributed by atoms with van der Waals surface area (Å²) in [6.07, 6.45) is -2.54. The molecule has 0 spiro atoms. The summed E-state index contributed by atoms with van der Waals surface area (Å²) in [5.74, 6) is -1.67. The lowest BCUT2D eigenvalue weighted by Crippen LogP contribution is -2.45. The molecule has 2 aliphatic rings. The van der Waals surface area contributed by atoms with E-state index in [0.29, 0.717) is 25.0 Å². The van der Waals surface area contributed by atoms with Gasteiger partial charge in [0, 0.05) is 25.4 Å². The lowest BCUT2D eigenvalue weighted by Gasteiger charge is -2.34. The molecule has 0 radical (unpaired) electrons. The van der Waals surface area contributed by atoms with Gasteiger partial charge in [-0.1, -0.05) is 56.3 Å². The predicted octanol–water partition coefficient (Wildman–Crippen LogP) is 2.10. The molecule has 2 fully saturated rings. The zero-order chi connectivity index (χ0) is 29.6. The highest BCUT2D eigenvalue weighted by molar-refractivity contribution is 7.89. The van der Waals surface area contributed by atoms with Crippen molar-refractivity contribution in [3.8, 4) is 0 Å². The second-order valence-electron chi connectivity index (χ2n) is 11.3. The highest BCUT2D eigenvalue weighted by Crippen LogP contribution is 2.33. The molecular weight excluding hydrogens is 550 g/mol. The van der Waals surface area contributed by atoms with Crippen molar-refractivity contribution in [3.05, 3.63) is 65.7 Å². The molecular formula is C30H41NO9S. The maximum atomic E-state index is 13.6. The third-order valence-electron chi connectivity index (χ3n) is 7.60. The number of rotatable bonds is 13. The Morgan fingerprint density at radius 3 is 2.41 bits per heavy atom. The van der Waals surface area contributed by atoms with Gasteiger partial charge in [0.05, 0.1) is 49.3 Å². The molecule has 0 unspecified atom stereocenters. The number of carbonyl (C=O) groups is 1. The highest BCUT2D eigenvalue weighted by atomic mass is 32.2. The standard InChI is InChI=1S/C30H41NO9S/c1-20(2)16-31(41(36,37)24-10-8-22(18-32)9-11-24)17-25(33)23(14-21-6-4-3-5-7-21)15-28(35)40-27-12-13-38-30-29(27)26(34)19-39-30/h3-11,20,23,25-27,29-30,32-34H,12-19H2,1-2H3/t23-,25-,26+,27+,29+,30+/m1/s1. The van der Waals surface area contributed by atoms with Gasteiger partial charge in [-0.3, -0.25) is 4.79 Å². The van der Waals surface area contributed by atoms with Crippen LogP contribution in [-0.4, -0.2) is 84.9 Å². The highest BCUT2D eigenvalue weighted by Gasteiger charge is 2.47. The summed E-state index contributed by atoms with van der Waals surface area (Å²) in [7, 11) is -3.97. The molecule has 2 heterocycles. The second-order valence-corrected chi connectivity index (χ2v) is 13.2. The van der Waals surface area contributed by atoms with Gasteiger partial charge in [-0.05, 0) is 35.6 Å². The van der Waals surface area contributed by atoms with Gasteiger partial charge in [0.1, 0.15) is 6.10 Å². The molecule has 3 N–H and O–H groups in total. The van der Waals surface area contributed by atoms with Crippen LogP contribution in [0.4, 0.5) is 0 Å². The van der Waals surface area contributed by atoms with Crippen LogP contribution >= 0.6 is 0 Å². The first kappa shape index (κ1) is 31.6. The number of aliphatic hydroxyl groups is 3. The Labute approximate surface area is 241 Å². The number of fused-ring (bicyclic) bond motifs is 1. The van der Waals surface area contributed by atoms with E-state index in [1.807, 2.05) is 44.2 Å². The van der Waals surface area contributed by atoms with Crippen molar-refractivity contribution < 1.29 is 42.7 Å². The minimum Gasteiger partial charge on any atom is -0.462 e. The van der Waals surface area contributed by atoms with Crippen LogP contribution in [0.1, 0.15) is 37.8 Å². The lowest BCUT2D eigenvalue weighted by atomic mass is 9.90. The maximum Gasteiger partial charge on any atom is 0.306 e. The summed E-state index contributed by atoms with van der Waals surface area (Å²) in [6.45, 7) is 4.00. The van der Waals surface area contributed by atoms with Crippen LogP contribution in [0.2, 0.25) is 0 Å². The maximum absolute atomic E-state index is 13.6. The number of nitrogens with zero attached hydrogens (tertiary/aromatic N) is 1. The van der Waals surface area contributed by atoms with Crippen molar-refractivity contribution >= 4 is 16.0 Å². The predicted molar refractivity (Wildman–Crippen MR) is 150 cm³/mol. The molecule has 2 aliphatic heterocycles. The summed E-state index contributed by atoms with van der Waals surface area (Å²) >= 11 is 0. The molecule has 2 aromatic rings. The van der Waals surface area contributed by atoms with Crippen LogP contribution in [0, 0.1) is 17.8 Å². The van der Waals surface area contributed by atoms with E-state index in [2.05, 4.69) is 0 Å². The number of hydrogen-bond donors (Lipinski definition) is 3. The monoisotopic (exact) mass is 591 g/mol. The first-order valence-corrected chi connectivity index (χ1v) is 15.5. The van der Waals surface area contributed by atoms with Gasteiger partial charge in [0.15, 0.2) is 6.29 Å². The van der Waals surface area contributed by atoms with Gasteiger partial charge in [0.25, 0.3) is 0 Å². The largest absolute Gasteiger partial charge is 0.462 e. The zero-order valence-electron chi connectivity index (χ0n) is 23.5. The van der Waals surface area contributed by atoms with Gasteiger partial charge in [0.2, 0.25) is 10.0 Å². The molecule has 226 valence electrons. The van der Waals surface area contributed by atoms with Crippen molar-refractivity contribution in [3.63, 3.8) is 0 Å². The molecule has 6 atom stereocenters. The molecule has 41 heavy (non-hydrogen) atoms. The molecule has 4 rings (SSSR count). The van der Waals surface area contributed by atoms with Crippen LogP contribution in [0.15, 0.2) is 59.5 Å². The minimum atomic E-state index is -3.97. The van der Waals surface area contributed by atoms with E-state index in [1.54, 1.807) is 12.1 Å². The fraction of sp³-hybridized carbons (Fsp3) is 0.567. The number of ether oxygens (including phenoxy) is 3. The summed E-state index contributed by atoms with van der Waals surface area (Å²) in [5, 5.41) is 31.1. The Morgan fingerprint density at radius 2 is 1.76 bits per heavy atom. The average molecular weight is 592 g/mol. The molecule has 10 nitrogen and oxygen atoms in total. The van der Waals surface area contributed by atoms with E-state index in [0.717, 1.165) is 5.56 Å². The fourth-order valence-corrected chi connectivity index (χ4v) is 7.07. The minimum absolute atomic E-state index is 0.0206. The average Bonchev–Trinajstić information content (AvgIpc) is 3.34. The van der Waals surface area contributed by atoms with E-state index in [4.69, 9.17) is 14.2 Å². The molecule has 0 bridgehead atoms. The first-order valence-electron chi connectivity index (χ1n) is 14.1. The quantitative estimate of drug-likeness (QED) is 0.299. The van der Waals surface area contributed by atoms with Crippen LogP contribution in [0.3, 0.4) is 0 Å². The summed E-state index contributed by atoms with van der Waals surface area (Å²) in [5.41, 5.74) is 1.49. The van der Waals surface area contributed by atoms with Gasteiger partial charge in [-0.25, -0.2) is 8.42 Å². The lowest BCUT2D eigenvalue weighted by molar-refractivity contribution is -0.199. The summed E-state index contributed by atoms with van der Waals surface area (Å²) < 4.78 is 45.3. The smallest absolute Gasteiger partial charge is 0.306 e. The number of carbonyl (C=O) groups excluding carboxylic acids is 1. The Balaban J connectivity index is 1.52. The number of hydrogen-bond acceptors (Lipinski definition) is 9. The number of esters is 1. The third kappa shape index (κ3) is 8.13. The van der Waals surface area contributed by atoms with E-state index in [-0.39, 0.29) is 43.5 Å². The molecule has 0 amide bonds. The van der Waals surface area contributed by atoms with Gasteiger partial charge in [-0.15, -0.1) is 0 Å². The number of benzene rings is 2. The Hall–Kier alpha value is -2.38. The normalized spacial score (nSPS) is 24.3.